The zero-order valence-electron chi connectivity index (χ0n) is 11.9. The minimum atomic E-state index is -0.966. The van der Waals surface area contributed by atoms with Crippen LogP contribution in [0.2, 0.25) is 0 Å². The zero-order chi connectivity index (χ0) is 14.3. The van der Waals surface area contributed by atoms with Crippen molar-refractivity contribution < 1.29 is 19.4 Å². The monoisotopic (exact) mass is 271 g/mol. The maximum absolute atomic E-state index is 12.0. The predicted octanol–water partition coefficient (Wildman–Crippen LogP) is 1.81. The third-order valence-electron chi connectivity index (χ3n) is 3.67. The van der Waals surface area contributed by atoms with Crippen molar-refractivity contribution in [2.45, 2.75) is 52.0 Å². The number of carbonyl (C=O) groups excluding carboxylic acids is 1. The fourth-order valence-electron chi connectivity index (χ4n) is 2.35. The highest BCUT2D eigenvalue weighted by atomic mass is 16.5. The van der Waals surface area contributed by atoms with Crippen LogP contribution in [-0.2, 0) is 14.3 Å². The summed E-state index contributed by atoms with van der Waals surface area (Å²) in [5.41, 5.74) is 0. The van der Waals surface area contributed by atoms with Crippen molar-refractivity contribution in [2.75, 3.05) is 13.2 Å². The van der Waals surface area contributed by atoms with Crippen LogP contribution in [0.25, 0.3) is 0 Å². The van der Waals surface area contributed by atoms with Crippen LogP contribution < -0.4 is 5.32 Å². The molecule has 1 saturated heterocycles. The van der Waals surface area contributed by atoms with Crippen LogP contribution in [0.5, 0.6) is 0 Å². The lowest BCUT2D eigenvalue weighted by Gasteiger charge is -2.28. The molecule has 0 spiro atoms. The standard InChI is InChI=1S/C14H25NO4/c1-3-4-6-10(2)13(16)15-12(14(17)18)11-7-5-8-19-9-11/h10-12H,3-9H2,1-2H3,(H,15,16)(H,17,18). The second-order valence-electron chi connectivity index (χ2n) is 5.34. The topological polar surface area (TPSA) is 75.6 Å². The maximum Gasteiger partial charge on any atom is 0.326 e. The molecule has 0 aromatic carbocycles. The molecule has 19 heavy (non-hydrogen) atoms. The molecule has 2 N–H and O–H groups in total. The van der Waals surface area contributed by atoms with Gasteiger partial charge in [0.15, 0.2) is 0 Å². The first-order valence-corrected chi connectivity index (χ1v) is 7.17. The van der Waals surface area contributed by atoms with E-state index >= 15 is 0 Å². The van der Waals surface area contributed by atoms with Crippen LogP contribution in [0.15, 0.2) is 0 Å². The Kier molecular flexibility index (Phi) is 6.84. The molecule has 1 heterocycles. The molecule has 3 unspecified atom stereocenters. The highest BCUT2D eigenvalue weighted by molar-refractivity contribution is 5.85. The molecule has 0 saturated carbocycles. The number of nitrogens with one attached hydrogen (secondary N) is 1. The molecule has 1 amide bonds. The Bertz CT molecular complexity index is 300. The lowest BCUT2D eigenvalue weighted by Crippen LogP contribution is -2.49. The Morgan fingerprint density at radius 2 is 2.21 bits per heavy atom. The van der Waals surface area contributed by atoms with Crippen molar-refractivity contribution in [3.05, 3.63) is 0 Å². The van der Waals surface area contributed by atoms with Crippen LogP contribution in [0.4, 0.5) is 0 Å². The summed E-state index contributed by atoms with van der Waals surface area (Å²) in [7, 11) is 0. The van der Waals surface area contributed by atoms with Gasteiger partial charge in [0.05, 0.1) is 6.61 Å². The number of carboxylic acids is 1. The Morgan fingerprint density at radius 1 is 1.47 bits per heavy atom. The van der Waals surface area contributed by atoms with E-state index in [0.717, 1.165) is 32.1 Å². The van der Waals surface area contributed by atoms with Crippen molar-refractivity contribution in [1.29, 1.82) is 0 Å². The minimum Gasteiger partial charge on any atom is -0.480 e. The Balaban J connectivity index is 2.52. The average Bonchev–Trinajstić information content (AvgIpc) is 2.42. The molecule has 1 aliphatic heterocycles. The second kappa shape index (κ2) is 8.15. The summed E-state index contributed by atoms with van der Waals surface area (Å²) >= 11 is 0. The van der Waals surface area contributed by atoms with Gasteiger partial charge in [-0.3, -0.25) is 4.79 Å². The summed E-state index contributed by atoms with van der Waals surface area (Å²) in [5.74, 6) is -1.38. The van der Waals surface area contributed by atoms with E-state index in [4.69, 9.17) is 4.74 Å². The van der Waals surface area contributed by atoms with Crippen LogP contribution in [-0.4, -0.2) is 36.2 Å². The predicted molar refractivity (Wildman–Crippen MR) is 71.8 cm³/mol. The largest absolute Gasteiger partial charge is 0.480 e. The molecule has 1 fully saturated rings. The molecule has 1 aliphatic rings. The summed E-state index contributed by atoms with van der Waals surface area (Å²) in [6.07, 6.45) is 4.47. The molecule has 0 aromatic rings. The van der Waals surface area contributed by atoms with Gasteiger partial charge in [0, 0.05) is 18.4 Å². The third-order valence-corrected chi connectivity index (χ3v) is 3.67. The van der Waals surface area contributed by atoms with Gasteiger partial charge in [0.2, 0.25) is 5.91 Å². The van der Waals surface area contributed by atoms with Crippen LogP contribution in [0.3, 0.4) is 0 Å². The van der Waals surface area contributed by atoms with Gasteiger partial charge in [-0.2, -0.15) is 0 Å². The minimum absolute atomic E-state index is 0.117. The smallest absolute Gasteiger partial charge is 0.326 e. The van der Waals surface area contributed by atoms with Crippen LogP contribution >= 0.6 is 0 Å². The molecular weight excluding hydrogens is 246 g/mol. The summed E-state index contributed by atoms with van der Waals surface area (Å²) in [6, 6.07) is -0.822. The first kappa shape index (κ1) is 16.0. The second-order valence-corrected chi connectivity index (χ2v) is 5.34. The molecule has 0 aliphatic carbocycles. The summed E-state index contributed by atoms with van der Waals surface area (Å²) in [6.45, 7) is 5.02. The number of ether oxygens (including phenoxy) is 1. The van der Waals surface area contributed by atoms with E-state index in [0.29, 0.717) is 13.2 Å². The number of aliphatic carboxylic acids is 1. The van der Waals surface area contributed by atoms with E-state index in [1.54, 1.807) is 0 Å². The number of rotatable bonds is 7. The maximum atomic E-state index is 12.0. The highest BCUT2D eigenvalue weighted by Gasteiger charge is 2.32. The molecule has 1 rings (SSSR count). The van der Waals surface area contributed by atoms with E-state index in [1.165, 1.54) is 0 Å². The van der Waals surface area contributed by atoms with Crippen molar-refractivity contribution in [1.82, 2.24) is 5.32 Å². The SMILES string of the molecule is CCCCC(C)C(=O)NC(C(=O)O)C1CCCOC1. The van der Waals surface area contributed by atoms with Crippen LogP contribution in [0.1, 0.15) is 46.0 Å². The van der Waals surface area contributed by atoms with Gasteiger partial charge in [-0.05, 0) is 19.3 Å². The number of hydrogen-bond donors (Lipinski definition) is 2. The fourth-order valence-corrected chi connectivity index (χ4v) is 2.35. The summed E-state index contributed by atoms with van der Waals surface area (Å²) in [5, 5.41) is 11.9. The third kappa shape index (κ3) is 5.19. The van der Waals surface area contributed by atoms with Crippen LogP contribution in [0, 0.1) is 11.8 Å². The molecular formula is C14H25NO4. The number of hydrogen-bond acceptors (Lipinski definition) is 3. The van der Waals surface area contributed by atoms with Gasteiger partial charge >= 0.3 is 5.97 Å². The first-order chi connectivity index (χ1) is 9.06. The lowest BCUT2D eigenvalue weighted by molar-refractivity contribution is -0.145. The van der Waals surface area contributed by atoms with Crippen molar-refractivity contribution in [2.24, 2.45) is 11.8 Å². The number of carbonyl (C=O) groups is 2. The van der Waals surface area contributed by atoms with Crippen molar-refractivity contribution in [3.63, 3.8) is 0 Å². The molecule has 110 valence electrons. The van der Waals surface area contributed by atoms with E-state index in [1.807, 2.05) is 6.92 Å². The zero-order valence-corrected chi connectivity index (χ0v) is 11.9. The van der Waals surface area contributed by atoms with Gasteiger partial charge in [0.1, 0.15) is 6.04 Å². The van der Waals surface area contributed by atoms with E-state index in [2.05, 4.69) is 12.2 Å². The van der Waals surface area contributed by atoms with Gasteiger partial charge in [0.25, 0.3) is 0 Å². The van der Waals surface area contributed by atoms with Gasteiger partial charge in [-0.15, -0.1) is 0 Å². The number of unbranched alkanes of at least 4 members (excludes halogenated alkanes) is 1. The number of amides is 1. The van der Waals surface area contributed by atoms with E-state index in [9.17, 15) is 14.7 Å². The normalized spacial score (nSPS) is 22.5. The Morgan fingerprint density at radius 3 is 2.74 bits per heavy atom. The summed E-state index contributed by atoms with van der Waals surface area (Å²) < 4.78 is 5.31. The fraction of sp³-hybridized carbons (Fsp3) is 0.857. The van der Waals surface area contributed by atoms with E-state index in [-0.39, 0.29) is 17.7 Å². The quantitative estimate of drug-likeness (QED) is 0.740. The van der Waals surface area contributed by atoms with Crippen molar-refractivity contribution >= 4 is 11.9 Å². The van der Waals surface area contributed by atoms with E-state index < -0.39 is 12.0 Å². The Labute approximate surface area is 114 Å². The molecule has 0 bridgehead atoms. The molecule has 3 atom stereocenters. The first-order valence-electron chi connectivity index (χ1n) is 7.17. The molecule has 5 heteroatoms. The van der Waals surface area contributed by atoms with Gasteiger partial charge < -0.3 is 15.2 Å². The number of carboxylic acid groups (broad SMARTS) is 1. The summed E-state index contributed by atoms with van der Waals surface area (Å²) in [4.78, 5) is 23.3. The molecule has 0 radical (unpaired) electrons. The molecule has 5 nitrogen and oxygen atoms in total. The Hall–Kier alpha value is -1.10. The van der Waals surface area contributed by atoms with Gasteiger partial charge in [-0.25, -0.2) is 4.79 Å². The molecule has 0 aromatic heterocycles. The van der Waals surface area contributed by atoms with Gasteiger partial charge in [-0.1, -0.05) is 26.7 Å². The average molecular weight is 271 g/mol. The highest BCUT2D eigenvalue weighted by Crippen LogP contribution is 2.18. The lowest BCUT2D eigenvalue weighted by atomic mass is 9.93. The van der Waals surface area contributed by atoms with Crippen molar-refractivity contribution in [3.8, 4) is 0 Å².